The Labute approximate surface area is 122 Å². The zero-order valence-corrected chi connectivity index (χ0v) is 14.9. The second-order valence-corrected chi connectivity index (χ2v) is 8.01. The van der Waals surface area contributed by atoms with Crippen molar-refractivity contribution in [2.75, 3.05) is 6.61 Å². The molecule has 3 atom stereocenters. The highest BCUT2D eigenvalue weighted by Crippen LogP contribution is 2.32. The van der Waals surface area contributed by atoms with E-state index in [0.717, 1.165) is 24.9 Å². The molecule has 19 heavy (non-hydrogen) atoms. The molecule has 0 aromatic rings. The standard InChI is InChI=1S/C18H38O/c1-13(2)10-18(9,11-16(7)14(3)4)19-12-17(8)15(5)6/h13-17H,10-12H2,1-9H3. The van der Waals surface area contributed by atoms with Crippen molar-refractivity contribution in [1.82, 2.24) is 0 Å². The van der Waals surface area contributed by atoms with Crippen LogP contribution in [0.4, 0.5) is 0 Å². The number of ether oxygens (including phenoxy) is 1. The topological polar surface area (TPSA) is 9.23 Å². The number of hydrogen-bond acceptors (Lipinski definition) is 1. The minimum absolute atomic E-state index is 0.0427. The molecule has 116 valence electrons. The zero-order valence-electron chi connectivity index (χ0n) is 14.9. The molecule has 0 aliphatic heterocycles. The summed E-state index contributed by atoms with van der Waals surface area (Å²) in [5.41, 5.74) is 0.0427. The molecule has 1 heteroatoms. The van der Waals surface area contributed by atoms with Crippen molar-refractivity contribution in [2.24, 2.45) is 29.6 Å². The third-order valence-corrected chi connectivity index (χ3v) is 4.56. The van der Waals surface area contributed by atoms with Crippen LogP contribution < -0.4 is 0 Å². The van der Waals surface area contributed by atoms with Gasteiger partial charge in [0.15, 0.2) is 0 Å². The molecule has 0 fully saturated rings. The van der Waals surface area contributed by atoms with Gasteiger partial charge in [0.25, 0.3) is 0 Å². The van der Waals surface area contributed by atoms with Crippen LogP contribution in [0.3, 0.4) is 0 Å². The molecule has 0 spiro atoms. The van der Waals surface area contributed by atoms with Crippen molar-refractivity contribution in [2.45, 2.75) is 80.8 Å². The summed E-state index contributed by atoms with van der Waals surface area (Å²) >= 11 is 0. The molecule has 0 rings (SSSR count). The molecule has 0 bridgehead atoms. The van der Waals surface area contributed by atoms with E-state index in [9.17, 15) is 0 Å². The second kappa shape index (κ2) is 8.29. The molecular weight excluding hydrogens is 232 g/mol. The lowest BCUT2D eigenvalue weighted by atomic mass is 9.81. The molecule has 0 aromatic carbocycles. The van der Waals surface area contributed by atoms with E-state index in [4.69, 9.17) is 4.74 Å². The van der Waals surface area contributed by atoms with Gasteiger partial charge in [-0.3, -0.25) is 0 Å². The normalized spacial score (nSPS) is 18.9. The molecule has 0 saturated carbocycles. The van der Waals surface area contributed by atoms with E-state index < -0.39 is 0 Å². The number of hydrogen-bond donors (Lipinski definition) is 0. The van der Waals surface area contributed by atoms with Crippen LogP contribution in [-0.2, 0) is 4.74 Å². The Balaban J connectivity index is 4.59. The monoisotopic (exact) mass is 270 g/mol. The summed E-state index contributed by atoms with van der Waals surface area (Å²) in [7, 11) is 0. The maximum atomic E-state index is 6.38. The van der Waals surface area contributed by atoms with E-state index in [-0.39, 0.29) is 5.60 Å². The van der Waals surface area contributed by atoms with E-state index in [2.05, 4.69) is 62.3 Å². The molecule has 0 aromatic heterocycles. The number of rotatable bonds is 9. The maximum Gasteiger partial charge on any atom is 0.0659 e. The Bertz CT molecular complexity index is 232. The fourth-order valence-corrected chi connectivity index (χ4v) is 2.51. The highest BCUT2D eigenvalue weighted by atomic mass is 16.5. The Morgan fingerprint density at radius 2 is 1.21 bits per heavy atom. The van der Waals surface area contributed by atoms with E-state index >= 15 is 0 Å². The van der Waals surface area contributed by atoms with Gasteiger partial charge in [-0.2, -0.15) is 0 Å². The van der Waals surface area contributed by atoms with Crippen molar-refractivity contribution >= 4 is 0 Å². The van der Waals surface area contributed by atoms with Gasteiger partial charge in [0, 0.05) is 0 Å². The first kappa shape index (κ1) is 19.0. The van der Waals surface area contributed by atoms with Crippen LogP contribution in [0.1, 0.15) is 75.2 Å². The van der Waals surface area contributed by atoms with Crippen LogP contribution in [0.15, 0.2) is 0 Å². The molecule has 0 amide bonds. The lowest BCUT2D eigenvalue weighted by molar-refractivity contribution is -0.0792. The molecule has 3 unspecified atom stereocenters. The quantitative estimate of drug-likeness (QED) is 0.516. The third kappa shape index (κ3) is 7.97. The van der Waals surface area contributed by atoms with Gasteiger partial charge in [-0.25, -0.2) is 0 Å². The first-order chi connectivity index (χ1) is 8.57. The Morgan fingerprint density at radius 1 is 0.737 bits per heavy atom. The summed E-state index contributed by atoms with van der Waals surface area (Å²) < 4.78 is 6.38. The van der Waals surface area contributed by atoms with Gasteiger partial charge < -0.3 is 4.74 Å². The van der Waals surface area contributed by atoms with E-state index in [1.165, 1.54) is 6.42 Å². The van der Waals surface area contributed by atoms with Crippen molar-refractivity contribution in [1.29, 1.82) is 0 Å². The molecule has 0 heterocycles. The van der Waals surface area contributed by atoms with Crippen molar-refractivity contribution in [3.8, 4) is 0 Å². The lowest BCUT2D eigenvalue weighted by Gasteiger charge is -2.36. The summed E-state index contributed by atoms with van der Waals surface area (Å²) in [6.07, 6.45) is 2.34. The third-order valence-electron chi connectivity index (χ3n) is 4.56. The summed E-state index contributed by atoms with van der Waals surface area (Å²) in [6.45, 7) is 21.7. The predicted octanol–water partition coefficient (Wildman–Crippen LogP) is 5.78. The summed E-state index contributed by atoms with van der Waals surface area (Å²) in [5.74, 6) is 3.49. The molecule has 1 nitrogen and oxygen atoms in total. The molecule has 0 N–H and O–H groups in total. The van der Waals surface area contributed by atoms with Crippen molar-refractivity contribution in [3.63, 3.8) is 0 Å². The van der Waals surface area contributed by atoms with Crippen LogP contribution in [0.25, 0.3) is 0 Å². The fraction of sp³-hybridized carbons (Fsp3) is 1.00. The van der Waals surface area contributed by atoms with Gasteiger partial charge in [0.1, 0.15) is 0 Å². The average Bonchev–Trinajstić information content (AvgIpc) is 2.24. The fourth-order valence-electron chi connectivity index (χ4n) is 2.51. The Kier molecular flexibility index (Phi) is 8.27. The van der Waals surface area contributed by atoms with Gasteiger partial charge in [0.2, 0.25) is 0 Å². The largest absolute Gasteiger partial charge is 0.375 e. The van der Waals surface area contributed by atoms with Gasteiger partial charge in [0.05, 0.1) is 12.2 Å². The highest BCUT2D eigenvalue weighted by molar-refractivity contribution is 4.81. The lowest BCUT2D eigenvalue weighted by Crippen LogP contribution is -2.35. The van der Waals surface area contributed by atoms with Crippen molar-refractivity contribution in [3.05, 3.63) is 0 Å². The van der Waals surface area contributed by atoms with E-state index in [0.29, 0.717) is 17.8 Å². The first-order valence-electron chi connectivity index (χ1n) is 8.21. The molecule has 0 saturated heterocycles. The molecule has 0 aliphatic rings. The minimum Gasteiger partial charge on any atom is -0.375 e. The van der Waals surface area contributed by atoms with Crippen LogP contribution in [-0.4, -0.2) is 12.2 Å². The van der Waals surface area contributed by atoms with Crippen LogP contribution in [0.5, 0.6) is 0 Å². The van der Waals surface area contributed by atoms with Crippen LogP contribution >= 0.6 is 0 Å². The highest BCUT2D eigenvalue weighted by Gasteiger charge is 2.30. The smallest absolute Gasteiger partial charge is 0.0659 e. The minimum atomic E-state index is 0.0427. The summed E-state index contributed by atoms with van der Waals surface area (Å²) in [4.78, 5) is 0. The second-order valence-electron chi connectivity index (χ2n) is 8.01. The predicted molar refractivity (Wildman–Crippen MR) is 86.4 cm³/mol. The Morgan fingerprint density at radius 3 is 1.58 bits per heavy atom. The van der Waals surface area contributed by atoms with Gasteiger partial charge >= 0.3 is 0 Å². The first-order valence-corrected chi connectivity index (χ1v) is 8.21. The maximum absolute atomic E-state index is 6.38. The molecule has 0 radical (unpaired) electrons. The van der Waals surface area contributed by atoms with Crippen LogP contribution in [0, 0.1) is 29.6 Å². The zero-order chi connectivity index (χ0) is 15.2. The molecule has 0 aliphatic carbocycles. The van der Waals surface area contributed by atoms with Gasteiger partial charge in [-0.1, -0.05) is 55.4 Å². The van der Waals surface area contributed by atoms with Crippen molar-refractivity contribution < 1.29 is 4.74 Å². The van der Waals surface area contributed by atoms with Crippen LogP contribution in [0.2, 0.25) is 0 Å². The van der Waals surface area contributed by atoms with E-state index in [1.807, 2.05) is 0 Å². The summed E-state index contributed by atoms with van der Waals surface area (Å²) in [6, 6.07) is 0. The Hall–Kier alpha value is -0.0400. The van der Waals surface area contributed by atoms with E-state index in [1.54, 1.807) is 0 Å². The average molecular weight is 271 g/mol. The van der Waals surface area contributed by atoms with Gasteiger partial charge in [-0.15, -0.1) is 0 Å². The summed E-state index contributed by atoms with van der Waals surface area (Å²) in [5, 5.41) is 0. The van der Waals surface area contributed by atoms with Gasteiger partial charge in [-0.05, 0) is 49.4 Å². The molecular formula is C18H38O. The SMILES string of the molecule is CC(C)CC(C)(CC(C)C(C)C)OCC(C)C(C)C.